The van der Waals surface area contributed by atoms with Crippen LogP contribution in [0.2, 0.25) is 0 Å². The highest BCUT2D eigenvalue weighted by Gasteiger charge is 2.18. The number of hydrogen-bond acceptors (Lipinski definition) is 4. The Labute approximate surface area is 296 Å². The Morgan fingerprint density at radius 3 is 1.78 bits per heavy atom. The lowest BCUT2D eigenvalue weighted by atomic mass is 9.94. The molecule has 0 radical (unpaired) electrons. The Hall–Kier alpha value is -6.72. The van der Waals surface area contributed by atoms with Gasteiger partial charge in [-0.05, 0) is 115 Å². The van der Waals surface area contributed by atoms with Gasteiger partial charge < -0.3 is 14.0 Å². The Bertz CT molecular complexity index is 2600. The van der Waals surface area contributed by atoms with Crippen molar-refractivity contribution in [3.63, 3.8) is 0 Å². The summed E-state index contributed by atoms with van der Waals surface area (Å²) in [6.07, 6.45) is 0. The van der Waals surface area contributed by atoms with Crippen LogP contribution < -0.4 is 4.90 Å². The van der Waals surface area contributed by atoms with E-state index in [1.807, 2.05) is 30.3 Å². The second-order valence-corrected chi connectivity index (χ2v) is 12.9. The van der Waals surface area contributed by atoms with Gasteiger partial charge in [0.25, 0.3) is 5.89 Å². The van der Waals surface area contributed by atoms with Crippen molar-refractivity contribution < 1.29 is 4.52 Å². The van der Waals surface area contributed by atoms with E-state index in [-0.39, 0.29) is 0 Å². The second kappa shape index (κ2) is 12.6. The minimum absolute atomic E-state index is 0.522. The smallest absolute Gasteiger partial charge is 0.258 e. The van der Waals surface area contributed by atoms with Crippen molar-refractivity contribution in [1.82, 2.24) is 14.7 Å². The zero-order valence-corrected chi connectivity index (χ0v) is 28.4. The summed E-state index contributed by atoms with van der Waals surface area (Å²) in [5.74, 6) is 1.12. The molecule has 2 heterocycles. The van der Waals surface area contributed by atoms with Gasteiger partial charge >= 0.3 is 0 Å². The fourth-order valence-corrected chi connectivity index (χ4v) is 7.17. The molecular formula is C46H34N4O. The van der Waals surface area contributed by atoms with E-state index in [4.69, 9.17) is 9.51 Å². The van der Waals surface area contributed by atoms with Crippen LogP contribution in [0, 0.1) is 13.8 Å². The largest absolute Gasteiger partial charge is 0.334 e. The number of aryl methyl sites for hydroxylation is 2. The number of benzene rings is 7. The molecule has 2 aromatic heterocycles. The third-order valence-electron chi connectivity index (χ3n) is 9.64. The normalized spacial score (nSPS) is 11.3. The number of anilines is 3. The van der Waals surface area contributed by atoms with Crippen LogP contribution in [-0.4, -0.2) is 14.7 Å². The Kier molecular flexibility index (Phi) is 7.51. The van der Waals surface area contributed by atoms with Crippen molar-refractivity contribution in [3.8, 4) is 39.7 Å². The third-order valence-corrected chi connectivity index (χ3v) is 9.64. The highest BCUT2D eigenvalue weighted by Crippen LogP contribution is 2.40. The lowest BCUT2D eigenvalue weighted by Crippen LogP contribution is -2.09. The molecule has 0 aliphatic rings. The van der Waals surface area contributed by atoms with E-state index in [0.29, 0.717) is 11.7 Å². The van der Waals surface area contributed by atoms with Crippen molar-refractivity contribution in [1.29, 1.82) is 0 Å². The summed E-state index contributed by atoms with van der Waals surface area (Å²) in [6.45, 7) is 4.25. The van der Waals surface area contributed by atoms with Gasteiger partial charge in [-0.15, -0.1) is 0 Å². The molecule has 9 rings (SSSR count). The Morgan fingerprint density at radius 1 is 0.490 bits per heavy atom. The van der Waals surface area contributed by atoms with Crippen LogP contribution in [0.4, 0.5) is 17.1 Å². The van der Waals surface area contributed by atoms with Gasteiger partial charge in [-0.25, -0.2) is 0 Å². The minimum atomic E-state index is 0.522. The van der Waals surface area contributed by atoms with Crippen LogP contribution in [0.1, 0.15) is 11.1 Å². The molecule has 9 aromatic rings. The summed E-state index contributed by atoms with van der Waals surface area (Å²) in [7, 11) is 0. The van der Waals surface area contributed by atoms with Gasteiger partial charge in [0.1, 0.15) is 0 Å². The van der Waals surface area contributed by atoms with Gasteiger partial charge in [-0.2, -0.15) is 4.98 Å². The van der Waals surface area contributed by atoms with Gasteiger partial charge in [0.05, 0.1) is 11.0 Å². The maximum absolute atomic E-state index is 5.62. The molecule has 0 N–H and O–H groups in total. The van der Waals surface area contributed by atoms with E-state index >= 15 is 0 Å². The highest BCUT2D eigenvalue weighted by molar-refractivity contribution is 6.10. The molecule has 0 aliphatic carbocycles. The zero-order chi connectivity index (χ0) is 34.3. The quantitative estimate of drug-likeness (QED) is 0.171. The molecule has 0 saturated carbocycles. The summed E-state index contributed by atoms with van der Waals surface area (Å²) in [6, 6.07) is 59.8. The molecule has 5 heteroatoms. The average Bonchev–Trinajstić information content (AvgIpc) is 3.81. The van der Waals surface area contributed by atoms with Crippen LogP contribution in [0.3, 0.4) is 0 Å². The predicted octanol–water partition coefficient (Wildman–Crippen LogP) is 12.3. The van der Waals surface area contributed by atoms with Gasteiger partial charge in [-0.3, -0.25) is 0 Å². The molecule has 0 fully saturated rings. The van der Waals surface area contributed by atoms with E-state index in [1.165, 1.54) is 27.4 Å². The molecule has 51 heavy (non-hydrogen) atoms. The first kappa shape index (κ1) is 30.3. The lowest BCUT2D eigenvalue weighted by molar-refractivity contribution is 0.432. The van der Waals surface area contributed by atoms with E-state index in [0.717, 1.165) is 50.6 Å². The minimum Gasteiger partial charge on any atom is -0.334 e. The predicted molar refractivity (Wildman–Crippen MR) is 209 cm³/mol. The summed E-state index contributed by atoms with van der Waals surface area (Å²) in [4.78, 5) is 7.02. The summed E-state index contributed by atoms with van der Waals surface area (Å²) in [5.41, 5.74) is 13.3. The Balaban J connectivity index is 1.09. The number of hydrogen-bond donors (Lipinski definition) is 0. The van der Waals surface area contributed by atoms with E-state index in [2.05, 4.69) is 168 Å². The molecule has 0 aliphatic heterocycles. The molecule has 0 saturated heterocycles. The molecule has 7 aromatic carbocycles. The number of fused-ring (bicyclic) bond motifs is 3. The number of aromatic nitrogens is 3. The average molecular weight is 659 g/mol. The van der Waals surface area contributed by atoms with Crippen LogP contribution in [0.25, 0.3) is 61.5 Å². The van der Waals surface area contributed by atoms with Crippen LogP contribution in [0.5, 0.6) is 0 Å². The zero-order valence-electron chi connectivity index (χ0n) is 28.4. The number of nitrogens with zero attached hydrogens (tertiary/aromatic N) is 4. The molecular weight excluding hydrogens is 625 g/mol. The van der Waals surface area contributed by atoms with Crippen LogP contribution in [-0.2, 0) is 0 Å². The van der Waals surface area contributed by atoms with E-state index in [1.54, 1.807) is 0 Å². The molecule has 5 nitrogen and oxygen atoms in total. The fraction of sp³-hybridized carbons (Fsp3) is 0.0435. The first-order valence-corrected chi connectivity index (χ1v) is 17.2. The van der Waals surface area contributed by atoms with Crippen molar-refractivity contribution in [2.24, 2.45) is 0 Å². The van der Waals surface area contributed by atoms with Crippen molar-refractivity contribution in [2.75, 3.05) is 4.90 Å². The van der Waals surface area contributed by atoms with E-state index in [9.17, 15) is 0 Å². The number of para-hydroxylation sites is 3. The lowest BCUT2D eigenvalue weighted by Gasteiger charge is -2.25. The highest BCUT2D eigenvalue weighted by atomic mass is 16.5. The first-order valence-electron chi connectivity index (χ1n) is 17.2. The molecule has 0 bridgehead atoms. The SMILES string of the molecule is Cc1cc(-c2noc(-c3ccccc3)n2)c(C)cc1-c1ccc(-n2c3ccccc3c3cc(N(c4ccccc4)c4ccccc4)ccc32)cc1. The molecule has 244 valence electrons. The summed E-state index contributed by atoms with van der Waals surface area (Å²) in [5, 5.41) is 6.74. The van der Waals surface area contributed by atoms with Gasteiger partial charge in [0.2, 0.25) is 5.82 Å². The monoisotopic (exact) mass is 658 g/mol. The van der Waals surface area contributed by atoms with Crippen molar-refractivity contribution in [3.05, 3.63) is 181 Å². The van der Waals surface area contributed by atoms with Gasteiger partial charge in [-0.1, -0.05) is 96.2 Å². The second-order valence-electron chi connectivity index (χ2n) is 12.9. The first-order chi connectivity index (χ1) is 25.1. The van der Waals surface area contributed by atoms with Gasteiger partial charge in [0.15, 0.2) is 0 Å². The standard InChI is InChI=1S/C46H34N4O/c1-31-29-41(45-47-46(51-48-45)34-14-6-3-7-15-34)32(2)28-40(31)33-22-24-37(25-23-33)50-43-21-13-12-20-39(43)42-30-38(26-27-44(42)50)49(35-16-8-4-9-17-35)36-18-10-5-11-19-36/h3-30H,1-2H3. The summed E-state index contributed by atoms with van der Waals surface area (Å²) < 4.78 is 7.99. The van der Waals surface area contributed by atoms with Crippen molar-refractivity contribution >= 4 is 38.9 Å². The topological polar surface area (TPSA) is 47.1 Å². The van der Waals surface area contributed by atoms with Crippen molar-refractivity contribution in [2.45, 2.75) is 13.8 Å². The van der Waals surface area contributed by atoms with Gasteiger partial charge in [0, 0.05) is 44.6 Å². The Morgan fingerprint density at radius 2 is 1.08 bits per heavy atom. The third kappa shape index (κ3) is 5.45. The number of rotatable bonds is 7. The maximum atomic E-state index is 5.62. The fourth-order valence-electron chi connectivity index (χ4n) is 7.17. The molecule has 0 amide bonds. The summed E-state index contributed by atoms with van der Waals surface area (Å²) >= 11 is 0. The molecule has 0 atom stereocenters. The molecule has 0 spiro atoms. The van der Waals surface area contributed by atoms with Crippen LogP contribution in [0.15, 0.2) is 174 Å². The van der Waals surface area contributed by atoms with Crippen LogP contribution >= 0.6 is 0 Å². The molecule has 0 unspecified atom stereocenters. The van der Waals surface area contributed by atoms with E-state index < -0.39 is 0 Å². The maximum Gasteiger partial charge on any atom is 0.258 e.